The average molecular weight is 308 g/mol. The first-order valence-corrected chi connectivity index (χ1v) is 7.35. The summed E-state index contributed by atoms with van der Waals surface area (Å²) in [5.74, 6) is -1.12. The molecule has 0 unspecified atom stereocenters. The molecule has 0 aromatic heterocycles. The van der Waals surface area contributed by atoms with Gasteiger partial charge < -0.3 is 14.2 Å². The average Bonchev–Trinajstić information content (AvgIpc) is 3.22. The van der Waals surface area contributed by atoms with Crippen LogP contribution in [-0.2, 0) is 28.6 Å². The van der Waals surface area contributed by atoms with Crippen LogP contribution in [0.5, 0.6) is 0 Å². The van der Waals surface area contributed by atoms with Crippen LogP contribution in [0.15, 0.2) is 23.3 Å². The molecule has 2 rings (SSSR count). The summed E-state index contributed by atoms with van der Waals surface area (Å²) in [7, 11) is 0. The van der Waals surface area contributed by atoms with Crippen LogP contribution in [-0.4, -0.2) is 42.6 Å². The number of hydrogen-bond acceptors (Lipinski definition) is 6. The molecule has 22 heavy (non-hydrogen) atoms. The summed E-state index contributed by atoms with van der Waals surface area (Å²) in [6.07, 6.45) is 3.81. The van der Waals surface area contributed by atoms with Gasteiger partial charge in [-0.05, 0) is 6.42 Å². The van der Waals surface area contributed by atoms with Gasteiger partial charge in [-0.25, -0.2) is 0 Å². The molecule has 2 aliphatic rings. The van der Waals surface area contributed by atoms with Crippen molar-refractivity contribution in [3.63, 3.8) is 0 Å². The number of carbonyl (C=O) groups is 3. The zero-order chi connectivity index (χ0) is 16.3. The van der Waals surface area contributed by atoms with Gasteiger partial charge in [0.1, 0.15) is 12.7 Å². The van der Waals surface area contributed by atoms with Gasteiger partial charge in [0.15, 0.2) is 18.0 Å². The van der Waals surface area contributed by atoms with Crippen LogP contribution in [0.2, 0.25) is 0 Å². The first-order valence-electron chi connectivity index (χ1n) is 7.35. The highest BCUT2D eigenvalue weighted by atomic mass is 16.6. The van der Waals surface area contributed by atoms with Crippen molar-refractivity contribution >= 4 is 17.7 Å². The Bertz CT molecular complexity index is 545. The molecular formula is C16H20O6. The third-order valence-electron chi connectivity index (χ3n) is 3.50. The number of allylic oxidation sites excluding steroid dienone is 1. The standard InChI is InChI=1S/C16H20O6/c1-4-5-6-7-11-12(8-20-9(2)17)13(19)15-16(22-15)14(11)21-10(3)18/h6-7,14-16H,4-5,8H2,1-3H3/b7-6+/t14-,15+,16-/m1/s1. The van der Waals surface area contributed by atoms with E-state index in [2.05, 4.69) is 0 Å². The highest BCUT2D eigenvalue weighted by molar-refractivity contribution is 6.04. The third-order valence-corrected chi connectivity index (χ3v) is 3.50. The molecular weight excluding hydrogens is 288 g/mol. The lowest BCUT2D eigenvalue weighted by molar-refractivity contribution is -0.146. The fraction of sp³-hybridized carbons (Fsp3) is 0.562. The molecule has 1 saturated heterocycles. The van der Waals surface area contributed by atoms with Gasteiger partial charge in [-0.15, -0.1) is 0 Å². The van der Waals surface area contributed by atoms with Gasteiger partial charge in [-0.1, -0.05) is 25.5 Å². The number of rotatable bonds is 6. The number of carbonyl (C=O) groups excluding carboxylic acids is 3. The second kappa shape index (κ2) is 6.87. The maximum absolute atomic E-state index is 12.3. The Morgan fingerprint density at radius 3 is 2.59 bits per heavy atom. The van der Waals surface area contributed by atoms with Crippen molar-refractivity contribution in [2.75, 3.05) is 6.61 Å². The Balaban J connectivity index is 2.32. The lowest BCUT2D eigenvalue weighted by Gasteiger charge is -2.23. The van der Waals surface area contributed by atoms with Gasteiger partial charge in [0.05, 0.1) is 0 Å². The number of unbranched alkanes of at least 4 members (excludes halogenated alkanes) is 1. The molecule has 0 aromatic carbocycles. The summed E-state index contributed by atoms with van der Waals surface area (Å²) in [4.78, 5) is 34.6. The number of Topliss-reactive ketones (excluding diaryl/α,β-unsaturated/α-hetero) is 1. The molecule has 0 N–H and O–H groups in total. The summed E-state index contributed by atoms with van der Waals surface area (Å²) < 4.78 is 15.6. The van der Waals surface area contributed by atoms with Crippen molar-refractivity contribution in [2.45, 2.75) is 51.9 Å². The SMILES string of the molecule is CCC/C=C/C1=C(COC(C)=O)C(=O)[C@@H]2O[C@@H]2[C@@H]1OC(C)=O. The van der Waals surface area contributed by atoms with Crippen LogP contribution >= 0.6 is 0 Å². The number of fused-ring (bicyclic) bond motifs is 1. The predicted octanol–water partition coefficient (Wildman–Crippen LogP) is 1.48. The molecule has 1 fully saturated rings. The summed E-state index contributed by atoms with van der Waals surface area (Å²) >= 11 is 0. The third kappa shape index (κ3) is 3.62. The normalized spacial score (nSPS) is 26.9. The van der Waals surface area contributed by atoms with E-state index in [1.54, 1.807) is 6.08 Å². The van der Waals surface area contributed by atoms with Gasteiger partial charge in [0, 0.05) is 25.0 Å². The van der Waals surface area contributed by atoms with E-state index in [4.69, 9.17) is 14.2 Å². The molecule has 120 valence electrons. The van der Waals surface area contributed by atoms with E-state index in [9.17, 15) is 14.4 Å². The van der Waals surface area contributed by atoms with Gasteiger partial charge in [0.25, 0.3) is 0 Å². The van der Waals surface area contributed by atoms with Gasteiger partial charge in [0.2, 0.25) is 0 Å². The largest absolute Gasteiger partial charge is 0.461 e. The molecule has 0 bridgehead atoms. The van der Waals surface area contributed by atoms with E-state index in [1.807, 2.05) is 13.0 Å². The van der Waals surface area contributed by atoms with Gasteiger partial charge >= 0.3 is 11.9 Å². The summed E-state index contributed by atoms with van der Waals surface area (Å²) in [6.45, 7) is 4.49. The van der Waals surface area contributed by atoms with Crippen LogP contribution in [0.1, 0.15) is 33.6 Å². The van der Waals surface area contributed by atoms with E-state index < -0.39 is 30.3 Å². The van der Waals surface area contributed by atoms with Crippen molar-refractivity contribution in [1.82, 2.24) is 0 Å². The summed E-state index contributed by atoms with van der Waals surface area (Å²) in [5, 5.41) is 0. The number of ketones is 1. The van der Waals surface area contributed by atoms with Crippen LogP contribution < -0.4 is 0 Å². The second-order valence-corrected chi connectivity index (χ2v) is 5.32. The summed E-state index contributed by atoms with van der Waals surface area (Å²) in [5.41, 5.74) is 0.904. The van der Waals surface area contributed by atoms with E-state index in [0.717, 1.165) is 12.8 Å². The highest BCUT2D eigenvalue weighted by Crippen LogP contribution is 2.40. The lowest BCUT2D eigenvalue weighted by atomic mass is 9.88. The summed E-state index contributed by atoms with van der Waals surface area (Å²) in [6, 6.07) is 0. The molecule has 1 heterocycles. The molecule has 1 aliphatic carbocycles. The zero-order valence-corrected chi connectivity index (χ0v) is 13.0. The van der Waals surface area contributed by atoms with E-state index in [1.165, 1.54) is 13.8 Å². The quantitative estimate of drug-likeness (QED) is 0.546. The fourth-order valence-electron chi connectivity index (χ4n) is 2.44. The lowest BCUT2D eigenvalue weighted by Crippen LogP contribution is -2.35. The number of hydrogen-bond donors (Lipinski definition) is 0. The van der Waals surface area contributed by atoms with Gasteiger partial charge in [-0.3, -0.25) is 14.4 Å². The minimum absolute atomic E-state index is 0.135. The van der Waals surface area contributed by atoms with Crippen molar-refractivity contribution in [3.8, 4) is 0 Å². The maximum atomic E-state index is 12.3. The van der Waals surface area contributed by atoms with Gasteiger partial charge in [-0.2, -0.15) is 0 Å². The fourth-order valence-corrected chi connectivity index (χ4v) is 2.44. The molecule has 6 nitrogen and oxygen atoms in total. The topological polar surface area (TPSA) is 82.2 Å². The Morgan fingerprint density at radius 1 is 1.27 bits per heavy atom. The van der Waals surface area contributed by atoms with Crippen LogP contribution in [0, 0.1) is 0 Å². The first kappa shape index (κ1) is 16.4. The van der Waals surface area contributed by atoms with Crippen LogP contribution in [0.4, 0.5) is 0 Å². The Labute approximate surface area is 129 Å². The molecule has 0 radical (unpaired) electrons. The van der Waals surface area contributed by atoms with Crippen molar-refractivity contribution in [2.24, 2.45) is 0 Å². The molecule has 0 spiro atoms. The molecule has 0 aromatic rings. The Morgan fingerprint density at radius 2 is 2.00 bits per heavy atom. The zero-order valence-electron chi connectivity index (χ0n) is 13.0. The van der Waals surface area contributed by atoms with Crippen LogP contribution in [0.3, 0.4) is 0 Å². The van der Waals surface area contributed by atoms with Crippen molar-refractivity contribution in [3.05, 3.63) is 23.3 Å². The van der Waals surface area contributed by atoms with Crippen molar-refractivity contribution in [1.29, 1.82) is 0 Å². The Hall–Kier alpha value is -1.95. The monoisotopic (exact) mass is 308 g/mol. The molecule has 1 aliphatic heterocycles. The molecule has 0 saturated carbocycles. The minimum atomic E-state index is -0.626. The van der Waals surface area contributed by atoms with E-state index in [-0.39, 0.29) is 12.4 Å². The Kier molecular flexibility index (Phi) is 5.13. The smallest absolute Gasteiger partial charge is 0.303 e. The molecule has 3 atom stereocenters. The number of esters is 2. The molecule has 0 amide bonds. The van der Waals surface area contributed by atoms with E-state index >= 15 is 0 Å². The second-order valence-electron chi connectivity index (χ2n) is 5.32. The molecule has 6 heteroatoms. The minimum Gasteiger partial charge on any atom is -0.461 e. The van der Waals surface area contributed by atoms with E-state index in [0.29, 0.717) is 11.1 Å². The van der Waals surface area contributed by atoms with Crippen LogP contribution in [0.25, 0.3) is 0 Å². The number of epoxide rings is 1. The maximum Gasteiger partial charge on any atom is 0.303 e. The van der Waals surface area contributed by atoms with Crippen molar-refractivity contribution < 1.29 is 28.6 Å². The predicted molar refractivity (Wildman–Crippen MR) is 76.9 cm³/mol. The number of ether oxygens (including phenoxy) is 3. The highest BCUT2D eigenvalue weighted by Gasteiger charge is 2.57. The first-order chi connectivity index (χ1) is 10.5.